The average molecular weight is 297 g/mol. The standard InChI is InChI=1S/C12H10BrFN2O/c13-8-1-2-12(11(14)5-8)17-10-3-4-16-9(6-10)7-15/h1-6H,7,15H2. The van der Waals surface area contributed by atoms with Crippen LogP contribution in [0.4, 0.5) is 4.39 Å². The molecule has 88 valence electrons. The Balaban J connectivity index is 2.25. The second-order valence-electron chi connectivity index (χ2n) is 3.36. The molecule has 1 aromatic carbocycles. The number of pyridine rings is 1. The van der Waals surface area contributed by atoms with Crippen molar-refractivity contribution in [3.8, 4) is 11.5 Å². The lowest BCUT2D eigenvalue weighted by Crippen LogP contribution is -1.99. The van der Waals surface area contributed by atoms with E-state index >= 15 is 0 Å². The Kier molecular flexibility index (Phi) is 3.71. The summed E-state index contributed by atoms with van der Waals surface area (Å²) in [6, 6.07) is 7.95. The Morgan fingerprint density at radius 3 is 2.82 bits per heavy atom. The molecule has 0 amide bonds. The van der Waals surface area contributed by atoms with E-state index in [9.17, 15) is 4.39 Å². The van der Waals surface area contributed by atoms with Crippen LogP contribution in [-0.4, -0.2) is 4.98 Å². The largest absolute Gasteiger partial charge is 0.454 e. The number of nitrogens with zero attached hydrogens (tertiary/aromatic N) is 1. The van der Waals surface area contributed by atoms with Gasteiger partial charge in [0.25, 0.3) is 0 Å². The Morgan fingerprint density at radius 2 is 2.12 bits per heavy atom. The molecule has 2 rings (SSSR count). The van der Waals surface area contributed by atoms with Crippen LogP contribution in [0.1, 0.15) is 5.69 Å². The van der Waals surface area contributed by atoms with Gasteiger partial charge in [0, 0.05) is 23.3 Å². The van der Waals surface area contributed by atoms with Crippen molar-refractivity contribution < 1.29 is 9.13 Å². The Labute approximate surface area is 107 Å². The zero-order valence-corrected chi connectivity index (χ0v) is 10.4. The van der Waals surface area contributed by atoms with Crippen molar-refractivity contribution >= 4 is 15.9 Å². The number of rotatable bonds is 3. The maximum atomic E-state index is 13.5. The summed E-state index contributed by atoms with van der Waals surface area (Å²) in [5.74, 6) is 0.259. The molecule has 0 bridgehead atoms. The van der Waals surface area contributed by atoms with Crippen molar-refractivity contribution in [1.82, 2.24) is 4.98 Å². The van der Waals surface area contributed by atoms with Crippen LogP contribution in [0.15, 0.2) is 41.0 Å². The van der Waals surface area contributed by atoms with E-state index in [1.807, 2.05) is 0 Å². The van der Waals surface area contributed by atoms with Gasteiger partial charge in [0.2, 0.25) is 0 Å². The van der Waals surface area contributed by atoms with Gasteiger partial charge in [-0.25, -0.2) is 4.39 Å². The van der Waals surface area contributed by atoms with Crippen LogP contribution in [0, 0.1) is 5.82 Å². The molecule has 0 saturated heterocycles. The maximum absolute atomic E-state index is 13.5. The number of hydrogen-bond donors (Lipinski definition) is 1. The predicted molar refractivity (Wildman–Crippen MR) is 66.3 cm³/mol. The summed E-state index contributed by atoms with van der Waals surface area (Å²) in [4.78, 5) is 4.03. The third-order valence-electron chi connectivity index (χ3n) is 2.12. The number of aromatic nitrogens is 1. The van der Waals surface area contributed by atoms with E-state index in [2.05, 4.69) is 20.9 Å². The first-order chi connectivity index (χ1) is 8.19. The minimum Gasteiger partial charge on any atom is -0.454 e. The number of ether oxygens (including phenoxy) is 1. The fourth-order valence-corrected chi connectivity index (χ4v) is 1.65. The fraction of sp³-hybridized carbons (Fsp3) is 0.0833. The van der Waals surface area contributed by atoms with Gasteiger partial charge in [0.05, 0.1) is 5.69 Å². The molecule has 1 aromatic heterocycles. The monoisotopic (exact) mass is 296 g/mol. The molecule has 0 radical (unpaired) electrons. The summed E-state index contributed by atoms with van der Waals surface area (Å²) in [6.45, 7) is 0.319. The molecular formula is C12H10BrFN2O. The fourth-order valence-electron chi connectivity index (χ4n) is 1.32. The molecule has 1 heterocycles. The summed E-state index contributed by atoms with van der Waals surface area (Å²) < 4.78 is 19.6. The molecule has 5 heteroatoms. The summed E-state index contributed by atoms with van der Waals surface area (Å²) in [5.41, 5.74) is 6.16. The molecule has 2 N–H and O–H groups in total. The quantitative estimate of drug-likeness (QED) is 0.946. The summed E-state index contributed by atoms with van der Waals surface area (Å²) in [5, 5.41) is 0. The lowest BCUT2D eigenvalue weighted by molar-refractivity contribution is 0.441. The van der Waals surface area contributed by atoms with Crippen LogP contribution in [0.5, 0.6) is 11.5 Å². The van der Waals surface area contributed by atoms with Crippen molar-refractivity contribution in [1.29, 1.82) is 0 Å². The van der Waals surface area contributed by atoms with Crippen LogP contribution >= 0.6 is 15.9 Å². The van der Waals surface area contributed by atoms with Crippen molar-refractivity contribution in [3.05, 3.63) is 52.5 Å². The zero-order chi connectivity index (χ0) is 12.3. The van der Waals surface area contributed by atoms with Gasteiger partial charge < -0.3 is 10.5 Å². The minimum absolute atomic E-state index is 0.169. The van der Waals surface area contributed by atoms with E-state index in [-0.39, 0.29) is 5.75 Å². The van der Waals surface area contributed by atoms with Crippen LogP contribution in [-0.2, 0) is 6.54 Å². The molecule has 0 spiro atoms. The third-order valence-corrected chi connectivity index (χ3v) is 2.61. The van der Waals surface area contributed by atoms with Crippen LogP contribution < -0.4 is 10.5 Å². The van der Waals surface area contributed by atoms with Crippen LogP contribution in [0.3, 0.4) is 0 Å². The van der Waals surface area contributed by atoms with E-state index in [1.165, 1.54) is 6.07 Å². The van der Waals surface area contributed by atoms with Gasteiger partial charge in [-0.05, 0) is 24.3 Å². The van der Waals surface area contributed by atoms with Crippen molar-refractivity contribution in [2.24, 2.45) is 5.73 Å². The van der Waals surface area contributed by atoms with Crippen LogP contribution in [0.25, 0.3) is 0 Å². The first-order valence-electron chi connectivity index (χ1n) is 4.97. The molecule has 0 atom stereocenters. The third kappa shape index (κ3) is 3.01. The lowest BCUT2D eigenvalue weighted by Gasteiger charge is -2.07. The topological polar surface area (TPSA) is 48.1 Å². The van der Waals surface area contributed by atoms with Gasteiger partial charge in [0.15, 0.2) is 11.6 Å². The van der Waals surface area contributed by atoms with E-state index in [1.54, 1.807) is 30.5 Å². The SMILES string of the molecule is NCc1cc(Oc2ccc(Br)cc2F)ccn1. The highest BCUT2D eigenvalue weighted by Gasteiger charge is 2.05. The summed E-state index contributed by atoms with van der Waals surface area (Å²) in [7, 11) is 0. The molecule has 0 saturated carbocycles. The average Bonchev–Trinajstić information content (AvgIpc) is 2.33. The molecule has 3 nitrogen and oxygen atoms in total. The Hall–Kier alpha value is -1.46. The van der Waals surface area contributed by atoms with E-state index in [0.29, 0.717) is 22.5 Å². The number of nitrogens with two attached hydrogens (primary N) is 1. The smallest absolute Gasteiger partial charge is 0.166 e. The molecule has 2 aromatic rings. The molecule has 0 aliphatic carbocycles. The van der Waals surface area contributed by atoms with E-state index in [0.717, 1.165) is 0 Å². The highest BCUT2D eigenvalue weighted by Crippen LogP contribution is 2.26. The highest BCUT2D eigenvalue weighted by atomic mass is 79.9. The normalized spacial score (nSPS) is 10.3. The first kappa shape index (κ1) is 12.0. The Morgan fingerprint density at radius 1 is 1.29 bits per heavy atom. The van der Waals surface area contributed by atoms with Gasteiger partial charge in [-0.2, -0.15) is 0 Å². The van der Waals surface area contributed by atoms with Gasteiger partial charge in [-0.3, -0.25) is 4.98 Å². The van der Waals surface area contributed by atoms with E-state index < -0.39 is 5.82 Å². The van der Waals surface area contributed by atoms with Crippen LogP contribution in [0.2, 0.25) is 0 Å². The predicted octanol–water partition coefficient (Wildman–Crippen LogP) is 3.23. The molecule has 0 unspecified atom stereocenters. The highest BCUT2D eigenvalue weighted by molar-refractivity contribution is 9.10. The molecule has 0 fully saturated rings. The second-order valence-corrected chi connectivity index (χ2v) is 4.28. The first-order valence-corrected chi connectivity index (χ1v) is 5.76. The summed E-state index contributed by atoms with van der Waals surface area (Å²) >= 11 is 3.18. The maximum Gasteiger partial charge on any atom is 0.166 e. The van der Waals surface area contributed by atoms with E-state index in [4.69, 9.17) is 10.5 Å². The van der Waals surface area contributed by atoms with Gasteiger partial charge in [0.1, 0.15) is 5.75 Å². The van der Waals surface area contributed by atoms with Gasteiger partial charge >= 0.3 is 0 Å². The molecule has 0 aliphatic rings. The van der Waals surface area contributed by atoms with Gasteiger partial charge in [-0.15, -0.1) is 0 Å². The number of benzene rings is 1. The number of halogens is 2. The molecule has 17 heavy (non-hydrogen) atoms. The van der Waals surface area contributed by atoms with Crippen molar-refractivity contribution in [2.75, 3.05) is 0 Å². The zero-order valence-electron chi connectivity index (χ0n) is 8.86. The number of hydrogen-bond acceptors (Lipinski definition) is 3. The molecule has 0 aliphatic heterocycles. The van der Waals surface area contributed by atoms with Crippen molar-refractivity contribution in [3.63, 3.8) is 0 Å². The Bertz CT molecular complexity index is 534. The lowest BCUT2D eigenvalue weighted by atomic mass is 10.3. The van der Waals surface area contributed by atoms with Gasteiger partial charge in [-0.1, -0.05) is 15.9 Å². The second kappa shape index (κ2) is 5.25. The molecular weight excluding hydrogens is 287 g/mol. The minimum atomic E-state index is -0.425. The summed E-state index contributed by atoms with van der Waals surface area (Å²) in [6.07, 6.45) is 1.58. The van der Waals surface area contributed by atoms with Crippen molar-refractivity contribution in [2.45, 2.75) is 6.54 Å².